The maximum absolute atomic E-state index is 13.5. The normalized spacial score (nSPS) is 15.7. The highest BCUT2D eigenvalue weighted by Gasteiger charge is 2.36. The number of ketones is 2. The van der Waals surface area contributed by atoms with Gasteiger partial charge >= 0.3 is 0 Å². The minimum atomic E-state index is -0.0369. The molecule has 1 N–H and O–H groups in total. The lowest BCUT2D eigenvalue weighted by Gasteiger charge is -2.26. The lowest BCUT2D eigenvalue weighted by Crippen LogP contribution is -2.25. The summed E-state index contributed by atoms with van der Waals surface area (Å²) < 4.78 is 0. The van der Waals surface area contributed by atoms with E-state index in [0.29, 0.717) is 22.3 Å². The van der Waals surface area contributed by atoms with Gasteiger partial charge in [0.05, 0.1) is 11.1 Å². The highest BCUT2D eigenvalue weighted by molar-refractivity contribution is 6.34. The van der Waals surface area contributed by atoms with Crippen molar-refractivity contribution in [2.45, 2.75) is 25.7 Å². The molecule has 0 aliphatic heterocycles. The lowest BCUT2D eigenvalue weighted by molar-refractivity contribution is 0.0979. The number of carbonyl (C=O) groups is 2. The van der Waals surface area contributed by atoms with Crippen molar-refractivity contribution in [3.8, 4) is 0 Å². The zero-order valence-electron chi connectivity index (χ0n) is 14.8. The van der Waals surface area contributed by atoms with E-state index < -0.39 is 0 Å². The Kier molecular flexibility index (Phi) is 2.85. The van der Waals surface area contributed by atoms with Crippen LogP contribution in [0.2, 0.25) is 0 Å². The van der Waals surface area contributed by atoms with Crippen LogP contribution in [0.1, 0.15) is 55.8 Å². The van der Waals surface area contributed by atoms with E-state index in [9.17, 15) is 9.59 Å². The molecule has 0 atom stereocenters. The van der Waals surface area contributed by atoms with Crippen LogP contribution in [-0.2, 0) is 12.8 Å². The number of nitrogens with one attached hydrogen (secondary N) is 1. The van der Waals surface area contributed by atoms with Gasteiger partial charge in [-0.1, -0.05) is 42.5 Å². The van der Waals surface area contributed by atoms with E-state index in [0.717, 1.165) is 53.1 Å². The van der Waals surface area contributed by atoms with Gasteiger partial charge in [0, 0.05) is 33.0 Å². The molecular formula is C24H17NO2. The number of aromatic nitrogens is 1. The highest BCUT2D eigenvalue weighted by atomic mass is 16.1. The van der Waals surface area contributed by atoms with E-state index in [1.54, 1.807) is 12.1 Å². The smallest absolute Gasteiger partial charge is 0.196 e. The van der Waals surface area contributed by atoms with Crippen molar-refractivity contribution in [1.29, 1.82) is 0 Å². The summed E-state index contributed by atoms with van der Waals surface area (Å²) in [5.41, 5.74) is 6.49. The topological polar surface area (TPSA) is 49.9 Å². The largest absolute Gasteiger partial charge is 0.354 e. The summed E-state index contributed by atoms with van der Waals surface area (Å²) in [6, 6.07) is 15.4. The fraction of sp³-hybridized carbons (Fsp3) is 0.167. The number of aromatic amines is 1. The first-order chi connectivity index (χ1) is 13.3. The number of rotatable bonds is 0. The molecular weight excluding hydrogens is 334 g/mol. The molecule has 0 amide bonds. The second-order valence-corrected chi connectivity index (χ2v) is 7.54. The Hall–Kier alpha value is -3.20. The molecule has 0 saturated heterocycles. The number of para-hydroxylation sites is 1. The van der Waals surface area contributed by atoms with Gasteiger partial charge < -0.3 is 4.98 Å². The molecule has 4 aromatic rings. The second-order valence-electron chi connectivity index (χ2n) is 7.54. The monoisotopic (exact) mass is 351 g/mol. The highest BCUT2D eigenvalue weighted by Crippen LogP contribution is 2.42. The van der Waals surface area contributed by atoms with E-state index >= 15 is 0 Å². The quantitative estimate of drug-likeness (QED) is 0.428. The third-order valence-corrected chi connectivity index (χ3v) is 6.15. The molecule has 6 rings (SSSR count). The lowest BCUT2D eigenvalue weighted by atomic mass is 9.75. The van der Waals surface area contributed by atoms with Crippen LogP contribution in [0.3, 0.4) is 0 Å². The van der Waals surface area contributed by atoms with Gasteiger partial charge in [-0.2, -0.15) is 0 Å². The minimum absolute atomic E-state index is 0.00101. The maximum Gasteiger partial charge on any atom is 0.196 e. The van der Waals surface area contributed by atoms with Gasteiger partial charge in [0.25, 0.3) is 0 Å². The number of aryl methyl sites for hydroxylation is 1. The number of fused-ring (bicyclic) bond motifs is 9. The van der Waals surface area contributed by atoms with Crippen molar-refractivity contribution >= 4 is 33.4 Å². The summed E-state index contributed by atoms with van der Waals surface area (Å²) in [6.45, 7) is 0. The first-order valence-electron chi connectivity index (χ1n) is 9.52. The fourth-order valence-electron chi connectivity index (χ4n) is 5.00. The van der Waals surface area contributed by atoms with Crippen molar-refractivity contribution in [1.82, 2.24) is 4.98 Å². The van der Waals surface area contributed by atoms with Crippen LogP contribution >= 0.6 is 0 Å². The van der Waals surface area contributed by atoms with E-state index in [4.69, 9.17) is 0 Å². The van der Waals surface area contributed by atoms with Gasteiger partial charge in [-0.15, -0.1) is 0 Å². The third-order valence-electron chi connectivity index (χ3n) is 6.15. The Bertz CT molecular complexity index is 1310. The van der Waals surface area contributed by atoms with E-state index in [1.807, 2.05) is 30.3 Å². The van der Waals surface area contributed by atoms with Crippen LogP contribution in [0.5, 0.6) is 0 Å². The average molecular weight is 351 g/mol. The summed E-state index contributed by atoms with van der Waals surface area (Å²) in [5.74, 6) is -0.0379. The van der Waals surface area contributed by atoms with Crippen LogP contribution in [0, 0.1) is 0 Å². The molecule has 2 aliphatic rings. The van der Waals surface area contributed by atoms with Crippen LogP contribution in [0.15, 0.2) is 48.5 Å². The first-order valence-corrected chi connectivity index (χ1v) is 9.52. The van der Waals surface area contributed by atoms with E-state index in [1.165, 1.54) is 5.56 Å². The molecule has 0 fully saturated rings. The summed E-state index contributed by atoms with van der Waals surface area (Å²) in [4.78, 5) is 30.3. The Morgan fingerprint density at radius 1 is 0.704 bits per heavy atom. The SMILES string of the molecule is O=C1c2ccccc2C(=O)c2c1c1c(c3c2[nH]c2ccccc23)CCCC1. The number of H-pyrrole nitrogens is 1. The molecule has 0 unspecified atom stereocenters. The fourth-order valence-corrected chi connectivity index (χ4v) is 5.00. The zero-order valence-corrected chi connectivity index (χ0v) is 14.8. The summed E-state index contributed by atoms with van der Waals surface area (Å²) in [5, 5.41) is 2.28. The Morgan fingerprint density at radius 3 is 2.11 bits per heavy atom. The van der Waals surface area contributed by atoms with Crippen molar-refractivity contribution < 1.29 is 9.59 Å². The van der Waals surface area contributed by atoms with E-state index in [-0.39, 0.29) is 11.6 Å². The van der Waals surface area contributed by atoms with Gasteiger partial charge in [0.15, 0.2) is 11.6 Å². The van der Waals surface area contributed by atoms with Crippen molar-refractivity contribution in [3.63, 3.8) is 0 Å². The molecule has 3 aromatic carbocycles. The zero-order chi connectivity index (χ0) is 18.1. The molecule has 3 nitrogen and oxygen atoms in total. The van der Waals surface area contributed by atoms with Gasteiger partial charge in [0.1, 0.15) is 0 Å². The molecule has 0 radical (unpaired) electrons. The minimum Gasteiger partial charge on any atom is -0.354 e. The Balaban J connectivity index is 1.85. The molecule has 0 saturated carbocycles. The summed E-state index contributed by atoms with van der Waals surface area (Å²) in [7, 11) is 0. The van der Waals surface area contributed by atoms with Crippen molar-refractivity contribution in [2.75, 3.05) is 0 Å². The Morgan fingerprint density at radius 2 is 1.33 bits per heavy atom. The van der Waals surface area contributed by atoms with Crippen LogP contribution < -0.4 is 0 Å². The number of benzene rings is 3. The van der Waals surface area contributed by atoms with Crippen LogP contribution in [0.4, 0.5) is 0 Å². The van der Waals surface area contributed by atoms with Gasteiger partial charge in [-0.05, 0) is 42.9 Å². The van der Waals surface area contributed by atoms with Gasteiger partial charge in [-0.25, -0.2) is 0 Å². The average Bonchev–Trinajstić information content (AvgIpc) is 3.11. The standard InChI is InChI=1S/C24H17NO2/c26-23-15-9-3-4-10-16(15)24(27)21-20(23)14-8-2-1-7-13(14)19-17-11-5-6-12-18(17)25-22(19)21/h3-6,9-12,25H,1-2,7-8H2. The first kappa shape index (κ1) is 14.9. The van der Waals surface area contributed by atoms with Gasteiger partial charge in [0.2, 0.25) is 0 Å². The predicted octanol–water partition coefficient (Wildman–Crippen LogP) is 4.98. The molecule has 0 bridgehead atoms. The molecule has 1 aromatic heterocycles. The molecule has 0 spiro atoms. The van der Waals surface area contributed by atoms with Crippen molar-refractivity contribution in [2.24, 2.45) is 0 Å². The second kappa shape index (κ2) is 5.17. The number of hydrogen-bond acceptors (Lipinski definition) is 2. The number of carbonyl (C=O) groups excluding carboxylic acids is 2. The van der Waals surface area contributed by atoms with Crippen LogP contribution in [0.25, 0.3) is 21.8 Å². The Labute approximate surface area is 156 Å². The number of hydrogen-bond donors (Lipinski definition) is 1. The molecule has 2 aliphatic carbocycles. The molecule has 3 heteroatoms. The van der Waals surface area contributed by atoms with Crippen molar-refractivity contribution in [3.05, 3.63) is 81.9 Å². The predicted molar refractivity (Wildman–Crippen MR) is 106 cm³/mol. The summed E-state index contributed by atoms with van der Waals surface area (Å²) >= 11 is 0. The van der Waals surface area contributed by atoms with Gasteiger partial charge in [-0.3, -0.25) is 9.59 Å². The van der Waals surface area contributed by atoms with E-state index in [2.05, 4.69) is 11.1 Å². The molecule has 130 valence electrons. The molecule has 1 heterocycles. The summed E-state index contributed by atoms with van der Waals surface area (Å²) in [6.07, 6.45) is 4.02. The third kappa shape index (κ3) is 1.81. The van der Waals surface area contributed by atoms with Crippen LogP contribution in [-0.4, -0.2) is 16.6 Å². The maximum atomic E-state index is 13.5. The molecule has 27 heavy (non-hydrogen) atoms.